The number of benzene rings is 2. The molecule has 0 radical (unpaired) electrons. The summed E-state index contributed by atoms with van der Waals surface area (Å²) in [6, 6.07) is 14.8. The number of nitro groups is 1. The van der Waals surface area contributed by atoms with Gasteiger partial charge in [0.2, 0.25) is 10.9 Å². The van der Waals surface area contributed by atoms with Crippen LogP contribution in [-0.4, -0.2) is 62.3 Å². The SMILES string of the molecule is O=C(CSc1nnc2sc3ccccc3n12)N1CCN(c2ccccc2[N+](=O)[O-])CC1. The van der Waals surface area contributed by atoms with Crippen molar-refractivity contribution in [2.45, 2.75) is 5.16 Å². The lowest BCUT2D eigenvalue weighted by molar-refractivity contribution is -0.384. The zero-order valence-corrected chi connectivity index (χ0v) is 18.0. The molecule has 0 unspecified atom stereocenters. The van der Waals surface area contributed by atoms with Crippen molar-refractivity contribution >= 4 is 55.6 Å². The number of thioether (sulfide) groups is 1. The molecule has 0 spiro atoms. The van der Waals surface area contributed by atoms with Gasteiger partial charge in [-0.3, -0.25) is 19.3 Å². The molecule has 1 aliphatic heterocycles. The molecule has 1 aliphatic rings. The van der Waals surface area contributed by atoms with Crippen molar-refractivity contribution in [1.29, 1.82) is 0 Å². The highest BCUT2D eigenvalue weighted by molar-refractivity contribution is 7.99. The summed E-state index contributed by atoms with van der Waals surface area (Å²) < 4.78 is 3.12. The summed E-state index contributed by atoms with van der Waals surface area (Å²) in [5, 5.41) is 20.5. The Hall–Kier alpha value is -3.18. The molecule has 0 saturated carbocycles. The van der Waals surface area contributed by atoms with Gasteiger partial charge in [-0.15, -0.1) is 10.2 Å². The first-order valence-corrected chi connectivity index (χ1v) is 11.5. The molecule has 0 aliphatic carbocycles. The molecule has 2 aromatic heterocycles. The fraction of sp³-hybridized carbons (Fsp3) is 0.250. The Morgan fingerprint density at radius 1 is 1.06 bits per heavy atom. The predicted octanol–water partition coefficient (Wildman–Crippen LogP) is 3.29. The molecule has 5 rings (SSSR count). The number of nitrogens with zero attached hydrogens (tertiary/aromatic N) is 6. The first-order valence-electron chi connectivity index (χ1n) is 9.73. The summed E-state index contributed by atoms with van der Waals surface area (Å²) >= 11 is 2.96. The maximum Gasteiger partial charge on any atom is 0.292 e. The normalized spacial score (nSPS) is 14.5. The van der Waals surface area contributed by atoms with Gasteiger partial charge in [0.05, 0.1) is 20.9 Å². The average Bonchev–Trinajstić information content (AvgIpc) is 3.37. The standard InChI is InChI=1S/C20H18N6O3S2/c27-18(13-30-19-21-22-20-25(19)16-7-3-4-8-17(16)31-20)24-11-9-23(10-12-24)14-5-1-2-6-15(14)26(28)29/h1-8H,9-13H2. The maximum absolute atomic E-state index is 12.8. The molecule has 0 N–H and O–H groups in total. The fourth-order valence-corrected chi connectivity index (χ4v) is 5.62. The van der Waals surface area contributed by atoms with Gasteiger partial charge in [0, 0.05) is 32.2 Å². The van der Waals surface area contributed by atoms with Crippen molar-refractivity contribution < 1.29 is 9.72 Å². The summed E-state index contributed by atoms with van der Waals surface area (Å²) in [6.45, 7) is 2.18. The van der Waals surface area contributed by atoms with Gasteiger partial charge in [0.25, 0.3) is 5.69 Å². The van der Waals surface area contributed by atoms with E-state index in [-0.39, 0.29) is 22.3 Å². The monoisotopic (exact) mass is 454 g/mol. The molecule has 3 heterocycles. The number of rotatable bonds is 5. The van der Waals surface area contributed by atoms with E-state index >= 15 is 0 Å². The number of carbonyl (C=O) groups excluding carboxylic acids is 1. The highest BCUT2D eigenvalue weighted by Gasteiger charge is 2.26. The molecule has 11 heteroatoms. The largest absolute Gasteiger partial charge is 0.362 e. The van der Waals surface area contributed by atoms with E-state index < -0.39 is 0 Å². The molecular formula is C20H18N6O3S2. The lowest BCUT2D eigenvalue weighted by Gasteiger charge is -2.35. The van der Waals surface area contributed by atoms with Crippen molar-refractivity contribution in [3.05, 3.63) is 58.6 Å². The van der Waals surface area contributed by atoms with E-state index in [1.54, 1.807) is 29.5 Å². The Kier molecular flexibility index (Phi) is 5.20. The first-order chi connectivity index (χ1) is 15.1. The van der Waals surface area contributed by atoms with Crippen LogP contribution in [0.2, 0.25) is 0 Å². The molecule has 0 atom stereocenters. The summed E-state index contributed by atoms with van der Waals surface area (Å²) in [5.74, 6) is 0.305. The van der Waals surface area contributed by atoms with E-state index in [2.05, 4.69) is 10.2 Å². The molecule has 9 nitrogen and oxygen atoms in total. The molecular weight excluding hydrogens is 436 g/mol. The van der Waals surface area contributed by atoms with Gasteiger partial charge in [0.15, 0.2) is 5.16 Å². The topological polar surface area (TPSA) is 96.9 Å². The Labute approximate surface area is 185 Å². The maximum atomic E-state index is 12.8. The molecule has 158 valence electrons. The molecule has 4 aromatic rings. The van der Waals surface area contributed by atoms with E-state index in [9.17, 15) is 14.9 Å². The predicted molar refractivity (Wildman–Crippen MR) is 121 cm³/mol. The number of fused-ring (bicyclic) bond motifs is 3. The van der Waals surface area contributed by atoms with Crippen molar-refractivity contribution in [2.24, 2.45) is 0 Å². The zero-order chi connectivity index (χ0) is 21.4. The van der Waals surface area contributed by atoms with Gasteiger partial charge in [0.1, 0.15) is 5.69 Å². The van der Waals surface area contributed by atoms with Crippen molar-refractivity contribution in [3.63, 3.8) is 0 Å². The number of thiazole rings is 1. The van der Waals surface area contributed by atoms with Gasteiger partial charge < -0.3 is 9.80 Å². The summed E-state index contributed by atoms with van der Waals surface area (Å²) in [5.41, 5.74) is 1.74. The highest BCUT2D eigenvalue weighted by Crippen LogP contribution is 2.30. The lowest BCUT2D eigenvalue weighted by Crippen LogP contribution is -2.49. The minimum atomic E-state index is -0.364. The number of piperazine rings is 1. The number of anilines is 1. The highest BCUT2D eigenvalue weighted by atomic mass is 32.2. The third kappa shape index (κ3) is 3.70. The van der Waals surface area contributed by atoms with Crippen LogP contribution in [0.3, 0.4) is 0 Å². The van der Waals surface area contributed by atoms with E-state index in [1.807, 2.05) is 38.5 Å². The molecule has 1 saturated heterocycles. The lowest BCUT2D eigenvalue weighted by atomic mass is 10.2. The number of hydrogen-bond acceptors (Lipinski definition) is 8. The molecule has 2 aromatic carbocycles. The first kappa shape index (κ1) is 19.8. The third-order valence-corrected chi connectivity index (χ3v) is 7.21. The Bertz CT molecular complexity index is 1280. The number of nitro benzene ring substituents is 1. The smallest absolute Gasteiger partial charge is 0.292 e. The van der Waals surface area contributed by atoms with Gasteiger partial charge in [-0.2, -0.15) is 0 Å². The van der Waals surface area contributed by atoms with Crippen LogP contribution in [0.1, 0.15) is 0 Å². The Morgan fingerprint density at radius 3 is 2.61 bits per heavy atom. The fourth-order valence-electron chi connectivity index (χ4n) is 3.75. The van der Waals surface area contributed by atoms with Crippen LogP contribution in [0.5, 0.6) is 0 Å². The average molecular weight is 455 g/mol. The second-order valence-electron chi connectivity index (χ2n) is 7.07. The van der Waals surface area contributed by atoms with E-state index in [1.165, 1.54) is 17.8 Å². The summed E-state index contributed by atoms with van der Waals surface area (Å²) in [7, 11) is 0. The molecule has 31 heavy (non-hydrogen) atoms. The van der Waals surface area contributed by atoms with Crippen LogP contribution < -0.4 is 4.90 Å². The molecule has 1 fully saturated rings. The van der Waals surface area contributed by atoms with Gasteiger partial charge in [-0.1, -0.05) is 47.4 Å². The van der Waals surface area contributed by atoms with Crippen LogP contribution in [0.4, 0.5) is 11.4 Å². The number of para-hydroxylation sites is 3. The van der Waals surface area contributed by atoms with Gasteiger partial charge in [-0.05, 0) is 18.2 Å². The Morgan fingerprint density at radius 2 is 1.81 bits per heavy atom. The number of carbonyl (C=O) groups is 1. The van der Waals surface area contributed by atoms with Crippen LogP contribution >= 0.6 is 23.1 Å². The third-order valence-electron chi connectivity index (χ3n) is 5.29. The van der Waals surface area contributed by atoms with Crippen molar-refractivity contribution in [3.8, 4) is 0 Å². The van der Waals surface area contributed by atoms with Crippen molar-refractivity contribution in [2.75, 3.05) is 36.8 Å². The number of amides is 1. The minimum absolute atomic E-state index is 0.0310. The van der Waals surface area contributed by atoms with Gasteiger partial charge >= 0.3 is 0 Å². The van der Waals surface area contributed by atoms with Crippen LogP contribution in [-0.2, 0) is 4.79 Å². The van der Waals surface area contributed by atoms with Crippen LogP contribution in [0.15, 0.2) is 53.7 Å². The minimum Gasteiger partial charge on any atom is -0.362 e. The van der Waals surface area contributed by atoms with E-state index in [0.29, 0.717) is 37.0 Å². The van der Waals surface area contributed by atoms with E-state index in [0.717, 1.165) is 15.2 Å². The second kappa shape index (κ2) is 8.16. The zero-order valence-electron chi connectivity index (χ0n) is 16.4. The summed E-state index contributed by atoms with van der Waals surface area (Å²) in [6.07, 6.45) is 0. The second-order valence-corrected chi connectivity index (χ2v) is 9.02. The Balaban J connectivity index is 1.23. The number of hydrogen-bond donors (Lipinski definition) is 0. The molecule has 0 bridgehead atoms. The van der Waals surface area contributed by atoms with Crippen molar-refractivity contribution in [1.82, 2.24) is 19.5 Å². The van der Waals surface area contributed by atoms with Crippen LogP contribution in [0, 0.1) is 10.1 Å². The quantitative estimate of drug-likeness (QED) is 0.259. The summed E-state index contributed by atoms with van der Waals surface area (Å²) in [4.78, 5) is 28.3. The molecule has 1 amide bonds. The van der Waals surface area contributed by atoms with Gasteiger partial charge in [-0.25, -0.2) is 0 Å². The van der Waals surface area contributed by atoms with E-state index in [4.69, 9.17) is 0 Å². The number of aromatic nitrogens is 3. The van der Waals surface area contributed by atoms with Crippen LogP contribution in [0.25, 0.3) is 15.2 Å².